The van der Waals surface area contributed by atoms with E-state index in [0.717, 1.165) is 37.8 Å². The first-order valence-electron chi connectivity index (χ1n) is 7.77. The van der Waals surface area contributed by atoms with E-state index in [2.05, 4.69) is 53.8 Å². The van der Waals surface area contributed by atoms with Crippen LogP contribution in [0.5, 0.6) is 5.75 Å². The van der Waals surface area contributed by atoms with Crippen LogP contribution in [-0.2, 0) is 6.42 Å². The lowest BCUT2D eigenvalue weighted by Crippen LogP contribution is -2.44. The molecule has 0 aliphatic rings. The Kier molecular flexibility index (Phi) is 7.74. The van der Waals surface area contributed by atoms with Crippen LogP contribution in [0.15, 0.2) is 29.3 Å². The molecule has 0 unspecified atom stereocenters. The fraction of sp³-hybridized carbons (Fsp3) is 0.588. The average Bonchev–Trinajstić information content (AvgIpc) is 2.49. The lowest BCUT2D eigenvalue weighted by Gasteiger charge is -2.21. The summed E-state index contributed by atoms with van der Waals surface area (Å²) in [4.78, 5) is 4.23. The summed E-state index contributed by atoms with van der Waals surface area (Å²) in [5.41, 5.74) is 1.42. The van der Waals surface area contributed by atoms with Crippen LogP contribution in [0.3, 0.4) is 0 Å². The highest BCUT2D eigenvalue weighted by Crippen LogP contribution is 2.11. The van der Waals surface area contributed by atoms with Crippen LogP contribution in [0.25, 0.3) is 0 Å². The normalized spacial score (nSPS) is 12.1. The molecule has 0 aromatic heterocycles. The summed E-state index contributed by atoms with van der Waals surface area (Å²) in [6, 6.07) is 8.15. The minimum Gasteiger partial charge on any atom is -0.497 e. The Bertz CT molecular complexity index is 449. The van der Waals surface area contributed by atoms with Gasteiger partial charge in [-0.25, -0.2) is 0 Å². The first-order valence-corrected chi connectivity index (χ1v) is 7.77. The molecule has 5 heteroatoms. The highest BCUT2D eigenvalue weighted by molar-refractivity contribution is 5.79. The Morgan fingerprint density at radius 1 is 1.05 bits per heavy atom. The smallest absolute Gasteiger partial charge is 0.191 e. The maximum atomic E-state index is 5.16. The Morgan fingerprint density at radius 2 is 1.68 bits per heavy atom. The van der Waals surface area contributed by atoms with E-state index in [4.69, 9.17) is 4.74 Å². The molecule has 0 saturated heterocycles. The van der Waals surface area contributed by atoms with Crippen molar-refractivity contribution in [3.63, 3.8) is 0 Å². The van der Waals surface area contributed by atoms with E-state index < -0.39 is 0 Å². The second-order valence-corrected chi connectivity index (χ2v) is 6.20. The molecule has 22 heavy (non-hydrogen) atoms. The number of methoxy groups -OCH3 is 1. The van der Waals surface area contributed by atoms with Crippen LogP contribution in [0, 0.1) is 0 Å². The standard InChI is InChI=1S/C17H30N4O/c1-17(2,3)21-13-12-20-16(18-4)19-11-10-14-6-8-15(22-5)9-7-14/h6-9,21H,10-13H2,1-5H3,(H2,18,19,20). The molecular weight excluding hydrogens is 276 g/mol. The molecule has 0 fully saturated rings. The number of hydrogen-bond acceptors (Lipinski definition) is 3. The summed E-state index contributed by atoms with van der Waals surface area (Å²) in [7, 11) is 3.47. The minimum absolute atomic E-state index is 0.146. The van der Waals surface area contributed by atoms with Crippen molar-refractivity contribution in [1.29, 1.82) is 0 Å². The molecular formula is C17H30N4O. The number of aliphatic imine (C=N–C) groups is 1. The second kappa shape index (κ2) is 9.30. The SMILES string of the molecule is CN=C(NCCNC(C)(C)C)NCCc1ccc(OC)cc1. The van der Waals surface area contributed by atoms with Gasteiger partial charge in [0.05, 0.1) is 7.11 Å². The van der Waals surface area contributed by atoms with Gasteiger partial charge in [0.1, 0.15) is 5.75 Å². The van der Waals surface area contributed by atoms with Crippen LogP contribution in [0.4, 0.5) is 0 Å². The second-order valence-electron chi connectivity index (χ2n) is 6.20. The molecule has 0 radical (unpaired) electrons. The van der Waals surface area contributed by atoms with Crippen molar-refractivity contribution in [3.05, 3.63) is 29.8 Å². The van der Waals surface area contributed by atoms with E-state index in [0.29, 0.717) is 0 Å². The molecule has 0 saturated carbocycles. The van der Waals surface area contributed by atoms with Gasteiger partial charge >= 0.3 is 0 Å². The summed E-state index contributed by atoms with van der Waals surface area (Å²) in [6.07, 6.45) is 0.949. The van der Waals surface area contributed by atoms with Gasteiger partial charge in [-0.1, -0.05) is 12.1 Å². The molecule has 3 N–H and O–H groups in total. The third kappa shape index (κ3) is 7.88. The van der Waals surface area contributed by atoms with E-state index >= 15 is 0 Å². The van der Waals surface area contributed by atoms with Crippen LogP contribution in [-0.4, -0.2) is 45.3 Å². The van der Waals surface area contributed by atoms with Crippen molar-refractivity contribution in [2.75, 3.05) is 33.8 Å². The number of rotatable bonds is 7. The van der Waals surface area contributed by atoms with Crippen molar-refractivity contribution in [2.24, 2.45) is 4.99 Å². The predicted octanol–water partition coefficient (Wildman–Crippen LogP) is 1.79. The summed E-state index contributed by atoms with van der Waals surface area (Å²) in [6.45, 7) is 9.08. The molecule has 0 heterocycles. The molecule has 1 aromatic carbocycles. The summed E-state index contributed by atoms with van der Waals surface area (Å²) in [5.74, 6) is 1.73. The first kappa shape index (κ1) is 18.3. The summed E-state index contributed by atoms with van der Waals surface area (Å²) < 4.78 is 5.16. The van der Waals surface area contributed by atoms with Gasteiger partial charge in [-0.3, -0.25) is 4.99 Å². The Labute approximate surface area is 134 Å². The van der Waals surface area contributed by atoms with Crippen LogP contribution < -0.4 is 20.7 Å². The van der Waals surface area contributed by atoms with Crippen molar-refractivity contribution in [3.8, 4) is 5.75 Å². The van der Waals surface area contributed by atoms with E-state index in [1.165, 1.54) is 5.56 Å². The number of guanidine groups is 1. The van der Waals surface area contributed by atoms with Gasteiger partial charge in [0.25, 0.3) is 0 Å². The highest BCUT2D eigenvalue weighted by atomic mass is 16.5. The lowest BCUT2D eigenvalue weighted by atomic mass is 10.1. The van der Waals surface area contributed by atoms with E-state index in [9.17, 15) is 0 Å². The molecule has 1 aromatic rings. The predicted molar refractivity (Wildman–Crippen MR) is 93.8 cm³/mol. The minimum atomic E-state index is 0.146. The number of ether oxygens (including phenoxy) is 1. The quantitative estimate of drug-likeness (QED) is 0.408. The van der Waals surface area contributed by atoms with Crippen LogP contribution in [0.2, 0.25) is 0 Å². The zero-order chi connectivity index (χ0) is 16.4. The zero-order valence-corrected chi connectivity index (χ0v) is 14.5. The van der Waals surface area contributed by atoms with Gasteiger partial charge in [-0.2, -0.15) is 0 Å². The van der Waals surface area contributed by atoms with Crippen molar-refractivity contribution in [1.82, 2.24) is 16.0 Å². The molecule has 0 spiro atoms. The Hall–Kier alpha value is -1.75. The molecule has 0 bridgehead atoms. The number of hydrogen-bond donors (Lipinski definition) is 3. The Morgan fingerprint density at radius 3 is 2.23 bits per heavy atom. The average molecular weight is 306 g/mol. The van der Waals surface area contributed by atoms with Gasteiger partial charge in [0.15, 0.2) is 5.96 Å². The van der Waals surface area contributed by atoms with Gasteiger partial charge < -0.3 is 20.7 Å². The number of nitrogens with one attached hydrogen (secondary N) is 3. The summed E-state index contributed by atoms with van der Waals surface area (Å²) in [5, 5.41) is 10.1. The fourth-order valence-corrected chi connectivity index (χ4v) is 1.96. The summed E-state index contributed by atoms with van der Waals surface area (Å²) >= 11 is 0. The molecule has 0 atom stereocenters. The molecule has 124 valence electrons. The Balaban J connectivity index is 2.23. The first-order chi connectivity index (χ1) is 10.4. The van der Waals surface area contributed by atoms with Crippen molar-refractivity contribution in [2.45, 2.75) is 32.7 Å². The maximum Gasteiger partial charge on any atom is 0.191 e. The van der Waals surface area contributed by atoms with E-state index in [-0.39, 0.29) is 5.54 Å². The maximum absolute atomic E-state index is 5.16. The lowest BCUT2D eigenvalue weighted by molar-refractivity contribution is 0.414. The van der Waals surface area contributed by atoms with Crippen LogP contribution >= 0.6 is 0 Å². The van der Waals surface area contributed by atoms with Crippen molar-refractivity contribution < 1.29 is 4.74 Å². The van der Waals surface area contributed by atoms with Crippen LogP contribution in [0.1, 0.15) is 26.3 Å². The monoisotopic (exact) mass is 306 g/mol. The molecule has 0 amide bonds. The third-order valence-corrected chi connectivity index (χ3v) is 3.16. The van der Waals surface area contributed by atoms with E-state index in [1.54, 1.807) is 14.2 Å². The topological polar surface area (TPSA) is 57.7 Å². The van der Waals surface area contributed by atoms with E-state index in [1.807, 2.05) is 12.1 Å². The zero-order valence-electron chi connectivity index (χ0n) is 14.5. The third-order valence-electron chi connectivity index (χ3n) is 3.16. The molecule has 0 aliphatic carbocycles. The van der Waals surface area contributed by atoms with Gasteiger partial charge in [-0.05, 0) is 44.9 Å². The molecule has 5 nitrogen and oxygen atoms in total. The van der Waals surface area contributed by atoms with Gasteiger partial charge in [0.2, 0.25) is 0 Å². The largest absolute Gasteiger partial charge is 0.497 e. The van der Waals surface area contributed by atoms with Gasteiger partial charge in [0, 0.05) is 32.2 Å². The highest BCUT2D eigenvalue weighted by Gasteiger charge is 2.07. The van der Waals surface area contributed by atoms with Crippen molar-refractivity contribution >= 4 is 5.96 Å². The molecule has 1 rings (SSSR count). The van der Waals surface area contributed by atoms with Gasteiger partial charge in [-0.15, -0.1) is 0 Å². The number of nitrogens with zero attached hydrogens (tertiary/aromatic N) is 1. The molecule has 0 aliphatic heterocycles. The fourth-order valence-electron chi connectivity index (χ4n) is 1.96. The number of benzene rings is 1.